The number of carbonyl (C=O) groups excluding carboxylic acids is 1. The van der Waals surface area contributed by atoms with Gasteiger partial charge in [0.15, 0.2) is 16.8 Å². The third kappa shape index (κ3) is 4.61. The van der Waals surface area contributed by atoms with Crippen LogP contribution >= 0.6 is 35.0 Å². The van der Waals surface area contributed by atoms with Gasteiger partial charge in [0.2, 0.25) is 0 Å². The summed E-state index contributed by atoms with van der Waals surface area (Å²) in [5.74, 6) is 1.32. The van der Waals surface area contributed by atoms with E-state index in [1.54, 1.807) is 43.5 Å². The molecule has 5 nitrogen and oxygen atoms in total. The number of ether oxygens (including phenoxy) is 1. The zero-order valence-corrected chi connectivity index (χ0v) is 18.8. The molecule has 0 aliphatic carbocycles. The van der Waals surface area contributed by atoms with Crippen molar-refractivity contribution in [3.63, 3.8) is 0 Å². The standard InChI is InChI=1S/C23H17Cl2N3O2S/c1-30-16-8-6-7-15(13-16)21(29)14-31-23-27-26-22(17-9-2-3-10-18(17)24)28(23)20-12-5-4-11-19(20)25/h2-13H,14H2,1H3. The fourth-order valence-corrected chi connectivity index (χ4v) is 4.32. The van der Waals surface area contributed by atoms with Crippen molar-refractivity contribution in [3.05, 3.63) is 88.4 Å². The Kier molecular flexibility index (Phi) is 6.61. The number of halogens is 2. The molecule has 1 aromatic heterocycles. The molecule has 0 bridgehead atoms. The molecule has 0 aliphatic rings. The first-order valence-corrected chi connectivity index (χ1v) is 11.1. The average molecular weight is 470 g/mol. The van der Waals surface area contributed by atoms with Crippen molar-refractivity contribution in [2.24, 2.45) is 0 Å². The van der Waals surface area contributed by atoms with Crippen molar-refractivity contribution in [3.8, 4) is 22.8 Å². The highest BCUT2D eigenvalue weighted by atomic mass is 35.5. The highest BCUT2D eigenvalue weighted by Crippen LogP contribution is 2.34. The highest BCUT2D eigenvalue weighted by molar-refractivity contribution is 7.99. The third-order valence-electron chi connectivity index (χ3n) is 4.57. The monoisotopic (exact) mass is 469 g/mol. The molecular formula is C23H17Cl2N3O2S. The van der Waals surface area contributed by atoms with Crippen LogP contribution in [0.5, 0.6) is 5.75 Å². The van der Waals surface area contributed by atoms with Crippen LogP contribution in [-0.2, 0) is 0 Å². The third-order valence-corrected chi connectivity index (χ3v) is 6.14. The van der Waals surface area contributed by atoms with Gasteiger partial charge in [-0.25, -0.2) is 0 Å². The maximum absolute atomic E-state index is 12.8. The molecule has 31 heavy (non-hydrogen) atoms. The lowest BCUT2D eigenvalue weighted by molar-refractivity contribution is 0.102. The van der Waals surface area contributed by atoms with E-state index in [2.05, 4.69) is 10.2 Å². The first kappa shape index (κ1) is 21.4. The number of carbonyl (C=O) groups is 1. The van der Waals surface area contributed by atoms with Gasteiger partial charge in [0.25, 0.3) is 0 Å². The maximum Gasteiger partial charge on any atom is 0.196 e. The van der Waals surface area contributed by atoms with Gasteiger partial charge in [-0.3, -0.25) is 9.36 Å². The molecule has 8 heteroatoms. The van der Waals surface area contributed by atoms with Crippen LogP contribution in [0.1, 0.15) is 10.4 Å². The lowest BCUT2D eigenvalue weighted by atomic mass is 10.1. The first-order chi connectivity index (χ1) is 15.1. The van der Waals surface area contributed by atoms with E-state index >= 15 is 0 Å². The number of aromatic nitrogens is 3. The van der Waals surface area contributed by atoms with Gasteiger partial charge in [-0.1, -0.05) is 71.4 Å². The van der Waals surface area contributed by atoms with Gasteiger partial charge < -0.3 is 4.74 Å². The van der Waals surface area contributed by atoms with E-state index in [1.807, 2.05) is 41.0 Å². The summed E-state index contributed by atoms with van der Waals surface area (Å²) in [6.45, 7) is 0. The summed E-state index contributed by atoms with van der Waals surface area (Å²) in [5.41, 5.74) is 2.00. The Morgan fingerprint density at radius 2 is 1.71 bits per heavy atom. The van der Waals surface area contributed by atoms with Gasteiger partial charge in [-0.15, -0.1) is 10.2 Å². The van der Waals surface area contributed by atoms with E-state index in [4.69, 9.17) is 27.9 Å². The maximum atomic E-state index is 12.8. The van der Waals surface area contributed by atoms with Crippen molar-refractivity contribution in [1.82, 2.24) is 14.8 Å². The Morgan fingerprint density at radius 1 is 0.968 bits per heavy atom. The van der Waals surface area contributed by atoms with Crippen LogP contribution in [0.3, 0.4) is 0 Å². The van der Waals surface area contributed by atoms with Crippen molar-refractivity contribution >= 4 is 40.7 Å². The second-order valence-corrected chi connectivity index (χ2v) is 8.27. The van der Waals surface area contributed by atoms with Crippen LogP contribution in [0, 0.1) is 0 Å². The quantitative estimate of drug-likeness (QED) is 0.237. The molecule has 0 saturated carbocycles. The van der Waals surface area contributed by atoms with Gasteiger partial charge in [0.1, 0.15) is 5.75 Å². The summed E-state index contributed by atoms with van der Waals surface area (Å²) >= 11 is 14.2. The first-order valence-electron chi connectivity index (χ1n) is 9.33. The van der Waals surface area contributed by atoms with Gasteiger partial charge >= 0.3 is 0 Å². The number of Topliss-reactive ketones (excluding diaryl/α,β-unsaturated/α-hetero) is 1. The summed E-state index contributed by atoms with van der Waals surface area (Å²) in [4.78, 5) is 12.8. The number of benzene rings is 3. The molecule has 0 aliphatic heterocycles. The lowest BCUT2D eigenvalue weighted by Crippen LogP contribution is -2.05. The molecule has 156 valence electrons. The van der Waals surface area contributed by atoms with Crippen LogP contribution < -0.4 is 4.74 Å². The molecule has 0 N–H and O–H groups in total. The molecular weight excluding hydrogens is 453 g/mol. The number of rotatable bonds is 7. The second-order valence-electron chi connectivity index (χ2n) is 6.52. The topological polar surface area (TPSA) is 57.0 Å². The summed E-state index contributed by atoms with van der Waals surface area (Å²) < 4.78 is 7.04. The lowest BCUT2D eigenvalue weighted by Gasteiger charge is -2.12. The average Bonchev–Trinajstić information content (AvgIpc) is 3.21. The fourth-order valence-electron chi connectivity index (χ4n) is 3.04. The van der Waals surface area contributed by atoms with Crippen molar-refractivity contribution in [1.29, 1.82) is 0 Å². The molecule has 0 amide bonds. The minimum absolute atomic E-state index is 0.0445. The summed E-state index contributed by atoms with van der Waals surface area (Å²) in [6, 6.07) is 21.9. The highest BCUT2D eigenvalue weighted by Gasteiger charge is 2.20. The molecule has 0 radical (unpaired) electrons. The van der Waals surface area contributed by atoms with E-state index in [1.165, 1.54) is 11.8 Å². The molecule has 0 unspecified atom stereocenters. The molecule has 4 aromatic rings. The van der Waals surface area contributed by atoms with E-state index in [0.29, 0.717) is 38.0 Å². The minimum Gasteiger partial charge on any atom is -0.497 e. The summed E-state index contributed by atoms with van der Waals surface area (Å²) in [7, 11) is 1.57. The molecule has 0 atom stereocenters. The molecule has 4 rings (SSSR count). The van der Waals surface area contributed by atoms with Crippen LogP contribution in [-0.4, -0.2) is 33.4 Å². The Hall–Kier alpha value is -2.80. The molecule has 3 aromatic carbocycles. The molecule has 1 heterocycles. The Bertz CT molecular complexity index is 1240. The van der Waals surface area contributed by atoms with Crippen molar-refractivity contribution < 1.29 is 9.53 Å². The van der Waals surface area contributed by atoms with Gasteiger partial charge in [0, 0.05) is 11.1 Å². The van der Waals surface area contributed by atoms with Crippen LogP contribution in [0.15, 0.2) is 78.0 Å². The number of ketones is 1. The number of nitrogens with zero attached hydrogens (tertiary/aromatic N) is 3. The van der Waals surface area contributed by atoms with Crippen LogP contribution in [0.4, 0.5) is 0 Å². The largest absolute Gasteiger partial charge is 0.497 e. The van der Waals surface area contributed by atoms with Crippen molar-refractivity contribution in [2.45, 2.75) is 5.16 Å². The van der Waals surface area contributed by atoms with E-state index in [9.17, 15) is 4.79 Å². The fraction of sp³-hybridized carbons (Fsp3) is 0.0870. The normalized spacial score (nSPS) is 10.8. The number of para-hydroxylation sites is 1. The molecule has 0 saturated heterocycles. The smallest absolute Gasteiger partial charge is 0.196 e. The summed E-state index contributed by atoms with van der Waals surface area (Å²) in [5, 5.41) is 10.3. The van der Waals surface area contributed by atoms with Crippen LogP contribution in [0.2, 0.25) is 10.0 Å². The SMILES string of the molecule is COc1cccc(C(=O)CSc2nnc(-c3ccccc3Cl)n2-c2ccccc2Cl)c1. The van der Waals surface area contributed by atoms with Gasteiger partial charge in [0.05, 0.1) is 28.6 Å². The van der Waals surface area contributed by atoms with Crippen LogP contribution in [0.25, 0.3) is 17.1 Å². The number of hydrogen-bond acceptors (Lipinski definition) is 5. The van der Waals surface area contributed by atoms with Crippen molar-refractivity contribution in [2.75, 3.05) is 12.9 Å². The predicted octanol–water partition coefficient (Wildman–Crippen LogP) is 6.22. The van der Waals surface area contributed by atoms with E-state index < -0.39 is 0 Å². The molecule has 0 spiro atoms. The Balaban J connectivity index is 1.70. The van der Waals surface area contributed by atoms with Gasteiger partial charge in [-0.2, -0.15) is 0 Å². The number of hydrogen-bond donors (Lipinski definition) is 0. The van der Waals surface area contributed by atoms with Gasteiger partial charge in [-0.05, 0) is 36.4 Å². The summed E-state index contributed by atoms with van der Waals surface area (Å²) in [6.07, 6.45) is 0. The zero-order valence-electron chi connectivity index (χ0n) is 16.5. The predicted molar refractivity (Wildman–Crippen MR) is 125 cm³/mol. The second kappa shape index (κ2) is 9.56. The molecule has 0 fully saturated rings. The minimum atomic E-state index is -0.0445. The number of thioether (sulfide) groups is 1. The van der Waals surface area contributed by atoms with E-state index in [0.717, 1.165) is 5.56 Å². The number of methoxy groups -OCH3 is 1. The van der Waals surface area contributed by atoms with E-state index in [-0.39, 0.29) is 11.5 Å². The Labute approximate surface area is 194 Å². The Morgan fingerprint density at radius 3 is 2.45 bits per heavy atom. The zero-order chi connectivity index (χ0) is 21.8.